The fraction of sp³-hybridized carbons (Fsp3) is 0.267. The Bertz CT molecular complexity index is 1390. The minimum absolute atomic E-state index is 0.0448. The number of hydrogen-bond acceptors (Lipinski definition) is 4. The number of phenols is 1. The van der Waals surface area contributed by atoms with E-state index in [9.17, 15) is 14.7 Å². The van der Waals surface area contributed by atoms with Crippen molar-refractivity contribution in [3.05, 3.63) is 97.6 Å². The van der Waals surface area contributed by atoms with E-state index >= 15 is 0 Å². The summed E-state index contributed by atoms with van der Waals surface area (Å²) in [6.07, 6.45) is 6.17. The molecule has 1 heterocycles. The molecule has 0 radical (unpaired) electrons. The predicted octanol–water partition coefficient (Wildman–Crippen LogP) is 7.66. The largest absolute Gasteiger partial charge is 0.506 e. The second-order valence-corrected chi connectivity index (χ2v) is 10.9. The van der Waals surface area contributed by atoms with Gasteiger partial charge in [0.25, 0.3) is 0 Å². The van der Waals surface area contributed by atoms with Gasteiger partial charge in [0.1, 0.15) is 17.1 Å². The number of amides is 1. The lowest BCUT2D eigenvalue weighted by Crippen LogP contribution is -2.09. The maximum Gasteiger partial charge on any atom is 0.217 e. The molecule has 1 aromatic heterocycles. The number of fused-ring (bicyclic) bond motifs is 1. The number of halogens is 2. The van der Waals surface area contributed by atoms with Gasteiger partial charge in [-0.3, -0.25) is 9.59 Å². The average Bonchev–Trinajstić information content (AvgIpc) is 3.24. The molecule has 0 bridgehead atoms. The van der Waals surface area contributed by atoms with Gasteiger partial charge in [-0.25, -0.2) is 0 Å². The van der Waals surface area contributed by atoms with Crippen molar-refractivity contribution in [2.45, 2.75) is 51.4 Å². The Hall–Kier alpha value is -2.90. The number of rotatable bonds is 12. The Kier molecular flexibility index (Phi) is 9.22. The third kappa shape index (κ3) is 6.90. The SMILES string of the molecule is NC(=O)CCCCCc1oc2cc(CCCc3ccccc3)ccc2c1C(=O)c1cc(Br)c(O)c(Br)c1. The first-order valence-electron chi connectivity index (χ1n) is 12.4. The molecule has 5 nitrogen and oxygen atoms in total. The quantitative estimate of drug-likeness (QED) is 0.125. The summed E-state index contributed by atoms with van der Waals surface area (Å²) in [5.74, 6) is 0.219. The van der Waals surface area contributed by atoms with Crippen molar-refractivity contribution in [1.29, 1.82) is 0 Å². The van der Waals surface area contributed by atoms with Crippen LogP contribution in [0.5, 0.6) is 5.75 Å². The van der Waals surface area contributed by atoms with Gasteiger partial charge in [0.05, 0.1) is 14.5 Å². The smallest absolute Gasteiger partial charge is 0.217 e. The van der Waals surface area contributed by atoms with Crippen LogP contribution in [0.4, 0.5) is 0 Å². The van der Waals surface area contributed by atoms with Crippen LogP contribution >= 0.6 is 31.9 Å². The Morgan fingerprint density at radius 2 is 1.51 bits per heavy atom. The number of carbonyl (C=O) groups is 2. The second kappa shape index (κ2) is 12.6. The highest BCUT2D eigenvalue weighted by molar-refractivity contribution is 9.11. The Labute approximate surface area is 233 Å². The molecular formula is C30H29Br2NO4. The Morgan fingerprint density at radius 3 is 2.22 bits per heavy atom. The monoisotopic (exact) mass is 625 g/mol. The molecule has 0 saturated heterocycles. The number of phenolic OH excluding ortho intramolecular Hbond substituents is 1. The number of primary amides is 1. The molecule has 1 amide bonds. The van der Waals surface area contributed by atoms with E-state index in [1.165, 1.54) is 11.1 Å². The zero-order valence-corrected chi connectivity index (χ0v) is 23.6. The van der Waals surface area contributed by atoms with E-state index < -0.39 is 0 Å². The van der Waals surface area contributed by atoms with Crippen molar-refractivity contribution in [3.63, 3.8) is 0 Å². The lowest BCUT2D eigenvalue weighted by molar-refractivity contribution is -0.118. The molecule has 0 aliphatic carbocycles. The van der Waals surface area contributed by atoms with Crippen LogP contribution in [-0.2, 0) is 24.1 Å². The first kappa shape index (κ1) is 27.1. The van der Waals surface area contributed by atoms with Crippen molar-refractivity contribution in [2.24, 2.45) is 5.73 Å². The molecule has 7 heteroatoms. The summed E-state index contributed by atoms with van der Waals surface area (Å²) in [6.45, 7) is 0. The van der Waals surface area contributed by atoms with E-state index in [-0.39, 0.29) is 17.4 Å². The van der Waals surface area contributed by atoms with Gasteiger partial charge in [0.2, 0.25) is 5.91 Å². The molecule has 3 aromatic carbocycles. The molecule has 4 aromatic rings. The van der Waals surface area contributed by atoms with Gasteiger partial charge >= 0.3 is 0 Å². The summed E-state index contributed by atoms with van der Waals surface area (Å²) < 4.78 is 7.15. The fourth-order valence-electron chi connectivity index (χ4n) is 4.52. The standard InChI is InChI=1S/C30H29Br2NO4/c31-23-17-21(18-24(32)30(23)36)29(35)28-22-15-14-20(11-7-10-19-8-3-1-4-9-19)16-26(22)37-25(28)12-5-2-6-13-27(33)34/h1,3-4,8-9,14-18,36H,2,5-7,10-13H2,(H2,33,34). The summed E-state index contributed by atoms with van der Waals surface area (Å²) in [7, 11) is 0. The average molecular weight is 627 g/mol. The van der Waals surface area contributed by atoms with Gasteiger partial charge in [-0.2, -0.15) is 0 Å². The second-order valence-electron chi connectivity index (χ2n) is 9.21. The highest BCUT2D eigenvalue weighted by Crippen LogP contribution is 2.36. The summed E-state index contributed by atoms with van der Waals surface area (Å²) in [6, 6.07) is 19.8. The number of aromatic hydroxyl groups is 1. The molecule has 0 atom stereocenters. The van der Waals surface area contributed by atoms with E-state index in [0.29, 0.717) is 50.7 Å². The predicted molar refractivity (Wildman–Crippen MR) is 153 cm³/mol. The number of carbonyl (C=O) groups excluding carboxylic acids is 2. The Balaban J connectivity index is 1.60. The van der Waals surface area contributed by atoms with Crippen LogP contribution in [0.15, 0.2) is 74.0 Å². The van der Waals surface area contributed by atoms with Gasteiger partial charge < -0.3 is 15.3 Å². The van der Waals surface area contributed by atoms with Crippen LogP contribution in [0.2, 0.25) is 0 Å². The fourth-order valence-corrected chi connectivity index (χ4v) is 5.70. The lowest BCUT2D eigenvalue weighted by atomic mass is 9.96. The number of unbranched alkanes of at least 4 members (excludes halogenated alkanes) is 2. The first-order valence-corrected chi connectivity index (χ1v) is 14.0. The number of hydrogen-bond donors (Lipinski definition) is 2. The van der Waals surface area contributed by atoms with Crippen LogP contribution in [0.3, 0.4) is 0 Å². The van der Waals surface area contributed by atoms with Gasteiger partial charge in [-0.1, -0.05) is 48.9 Å². The van der Waals surface area contributed by atoms with E-state index in [0.717, 1.165) is 37.5 Å². The number of nitrogens with two attached hydrogens (primary N) is 1. The molecule has 192 valence electrons. The lowest BCUT2D eigenvalue weighted by Gasteiger charge is -2.07. The molecule has 3 N–H and O–H groups in total. The maximum atomic E-state index is 13.7. The zero-order valence-electron chi connectivity index (χ0n) is 20.4. The van der Waals surface area contributed by atoms with E-state index in [2.05, 4.69) is 62.2 Å². The third-order valence-corrected chi connectivity index (χ3v) is 7.64. The highest BCUT2D eigenvalue weighted by Gasteiger charge is 2.23. The van der Waals surface area contributed by atoms with E-state index in [4.69, 9.17) is 10.2 Å². The van der Waals surface area contributed by atoms with Crippen LogP contribution in [0.25, 0.3) is 11.0 Å². The van der Waals surface area contributed by atoms with E-state index in [1.807, 2.05) is 18.2 Å². The Morgan fingerprint density at radius 1 is 0.811 bits per heavy atom. The minimum atomic E-state index is -0.303. The first-order chi connectivity index (χ1) is 17.8. The number of furan rings is 1. The molecule has 0 aliphatic rings. The minimum Gasteiger partial charge on any atom is -0.506 e. The number of ketones is 1. The van der Waals surface area contributed by atoms with Gasteiger partial charge in [0, 0.05) is 23.8 Å². The molecule has 0 saturated carbocycles. The highest BCUT2D eigenvalue weighted by atomic mass is 79.9. The molecule has 0 spiro atoms. The van der Waals surface area contributed by atoms with E-state index in [1.54, 1.807) is 12.1 Å². The molecule has 37 heavy (non-hydrogen) atoms. The van der Waals surface area contributed by atoms with Crippen molar-refractivity contribution in [3.8, 4) is 5.75 Å². The van der Waals surface area contributed by atoms with Crippen LogP contribution < -0.4 is 5.73 Å². The molecule has 0 aliphatic heterocycles. The summed E-state index contributed by atoms with van der Waals surface area (Å²) >= 11 is 6.65. The number of aryl methyl sites for hydroxylation is 3. The summed E-state index contributed by atoms with van der Waals surface area (Å²) in [5.41, 5.74) is 9.43. The molecule has 0 unspecified atom stereocenters. The number of benzene rings is 3. The van der Waals surface area contributed by atoms with Crippen molar-refractivity contribution >= 4 is 54.5 Å². The molecule has 4 rings (SSSR count). The van der Waals surface area contributed by atoms with Gasteiger partial charge in [-0.15, -0.1) is 0 Å². The van der Waals surface area contributed by atoms with Gasteiger partial charge in [-0.05, 0) is 93.3 Å². The third-order valence-electron chi connectivity index (χ3n) is 6.43. The topological polar surface area (TPSA) is 93.5 Å². The molecular weight excluding hydrogens is 598 g/mol. The van der Waals surface area contributed by atoms with Crippen molar-refractivity contribution < 1.29 is 19.1 Å². The van der Waals surface area contributed by atoms with Crippen molar-refractivity contribution in [1.82, 2.24) is 0 Å². The van der Waals surface area contributed by atoms with Crippen LogP contribution in [0, 0.1) is 0 Å². The summed E-state index contributed by atoms with van der Waals surface area (Å²) in [5, 5.41) is 10.9. The van der Waals surface area contributed by atoms with Gasteiger partial charge in [0.15, 0.2) is 5.78 Å². The normalized spacial score (nSPS) is 11.2. The van der Waals surface area contributed by atoms with Crippen LogP contribution in [-0.4, -0.2) is 16.8 Å². The van der Waals surface area contributed by atoms with Crippen molar-refractivity contribution in [2.75, 3.05) is 0 Å². The zero-order chi connectivity index (χ0) is 26.4. The summed E-state index contributed by atoms with van der Waals surface area (Å²) in [4.78, 5) is 24.8. The maximum absolute atomic E-state index is 13.7. The molecule has 0 fully saturated rings. The van der Waals surface area contributed by atoms with Crippen LogP contribution in [0.1, 0.15) is 64.9 Å².